The van der Waals surface area contributed by atoms with Gasteiger partial charge in [-0.3, -0.25) is 9.59 Å². The summed E-state index contributed by atoms with van der Waals surface area (Å²) in [5, 5.41) is 6.87. The van der Waals surface area contributed by atoms with Crippen molar-refractivity contribution in [3.63, 3.8) is 0 Å². The Labute approximate surface area is 160 Å². The molecule has 2 N–H and O–H groups in total. The number of carbonyl (C=O) groups is 3. The van der Waals surface area contributed by atoms with E-state index in [0.717, 1.165) is 6.07 Å². The summed E-state index contributed by atoms with van der Waals surface area (Å²) in [6, 6.07) is 7.88. The molecule has 0 aliphatic carbocycles. The average Bonchev–Trinajstić information content (AvgIpc) is 3.13. The van der Waals surface area contributed by atoms with Crippen molar-refractivity contribution in [1.82, 2.24) is 5.32 Å². The highest BCUT2D eigenvalue weighted by atomic mass is 32.1. The molecule has 2 aromatic rings. The third-order valence-electron chi connectivity index (χ3n) is 3.71. The Hall–Kier alpha value is -2.74. The molecule has 27 heavy (non-hydrogen) atoms. The lowest BCUT2D eigenvalue weighted by atomic mass is 10.0. The Morgan fingerprint density at radius 3 is 2.44 bits per heavy atom. The highest BCUT2D eigenvalue weighted by molar-refractivity contribution is 7.12. The van der Waals surface area contributed by atoms with Gasteiger partial charge in [0, 0.05) is 5.69 Å². The summed E-state index contributed by atoms with van der Waals surface area (Å²) in [4.78, 5) is 37.3. The van der Waals surface area contributed by atoms with Crippen LogP contribution in [-0.4, -0.2) is 29.9 Å². The van der Waals surface area contributed by atoms with Crippen molar-refractivity contribution in [1.29, 1.82) is 0 Å². The van der Waals surface area contributed by atoms with E-state index >= 15 is 0 Å². The number of rotatable bonds is 7. The van der Waals surface area contributed by atoms with Gasteiger partial charge in [-0.1, -0.05) is 26.0 Å². The van der Waals surface area contributed by atoms with E-state index in [2.05, 4.69) is 10.6 Å². The molecule has 1 heterocycles. The van der Waals surface area contributed by atoms with Gasteiger partial charge in [0.15, 0.2) is 6.10 Å². The zero-order valence-electron chi connectivity index (χ0n) is 15.2. The molecule has 0 bridgehead atoms. The molecule has 2 atom stereocenters. The van der Waals surface area contributed by atoms with Gasteiger partial charge in [0.2, 0.25) is 0 Å². The van der Waals surface area contributed by atoms with Crippen LogP contribution in [0.25, 0.3) is 0 Å². The number of hydrogen-bond donors (Lipinski definition) is 2. The van der Waals surface area contributed by atoms with Gasteiger partial charge in [-0.05, 0) is 42.5 Å². The maximum Gasteiger partial charge on any atom is 0.329 e. The highest BCUT2D eigenvalue weighted by Crippen LogP contribution is 2.13. The summed E-state index contributed by atoms with van der Waals surface area (Å²) in [6.45, 7) is 4.93. The van der Waals surface area contributed by atoms with Crippen LogP contribution in [0.2, 0.25) is 0 Å². The zero-order chi connectivity index (χ0) is 20.0. The van der Waals surface area contributed by atoms with Crippen molar-refractivity contribution >= 4 is 34.8 Å². The number of halogens is 1. The van der Waals surface area contributed by atoms with Crippen LogP contribution in [0.5, 0.6) is 0 Å². The molecule has 6 nitrogen and oxygen atoms in total. The fourth-order valence-electron chi connectivity index (χ4n) is 2.23. The maximum atomic E-state index is 13.2. The lowest BCUT2D eigenvalue weighted by molar-refractivity contribution is -0.156. The van der Waals surface area contributed by atoms with Gasteiger partial charge in [0.25, 0.3) is 11.8 Å². The molecular weight excluding hydrogens is 371 g/mol. The van der Waals surface area contributed by atoms with Crippen LogP contribution in [0.15, 0.2) is 41.8 Å². The second kappa shape index (κ2) is 9.27. The summed E-state index contributed by atoms with van der Waals surface area (Å²) in [5.74, 6) is -2.41. The molecule has 1 aromatic heterocycles. The van der Waals surface area contributed by atoms with Crippen molar-refractivity contribution in [3.8, 4) is 0 Å². The third kappa shape index (κ3) is 5.89. The lowest BCUT2D eigenvalue weighted by Gasteiger charge is -2.22. The van der Waals surface area contributed by atoms with Crippen molar-refractivity contribution in [2.24, 2.45) is 5.92 Å². The van der Waals surface area contributed by atoms with Crippen LogP contribution in [0.1, 0.15) is 30.4 Å². The standard InChI is InChI=1S/C19H21FN2O4S/c1-11(2)16(22-18(24)15-8-5-9-27-15)19(25)26-12(3)17(23)21-14-7-4-6-13(20)10-14/h4-12,16H,1-3H3,(H,21,23)(H,22,24)/t12-,16+/m1/s1. The predicted molar refractivity (Wildman–Crippen MR) is 101 cm³/mol. The SMILES string of the molecule is CC(C)[C@H](NC(=O)c1cccs1)C(=O)O[C@H](C)C(=O)Nc1cccc(F)c1. The topological polar surface area (TPSA) is 84.5 Å². The van der Waals surface area contributed by atoms with E-state index in [1.165, 1.54) is 36.5 Å². The Morgan fingerprint density at radius 2 is 1.85 bits per heavy atom. The number of amides is 2. The molecule has 0 saturated heterocycles. The molecular formula is C19H21FN2O4S. The summed E-state index contributed by atoms with van der Waals surface area (Å²) >= 11 is 1.26. The normalized spacial score (nSPS) is 12.9. The summed E-state index contributed by atoms with van der Waals surface area (Å²) < 4.78 is 18.4. The van der Waals surface area contributed by atoms with Crippen LogP contribution in [0, 0.1) is 11.7 Å². The Morgan fingerprint density at radius 1 is 1.11 bits per heavy atom. The molecule has 0 aliphatic rings. The van der Waals surface area contributed by atoms with E-state index in [-0.39, 0.29) is 17.5 Å². The van der Waals surface area contributed by atoms with Crippen LogP contribution in [-0.2, 0) is 14.3 Å². The quantitative estimate of drug-likeness (QED) is 0.709. The van der Waals surface area contributed by atoms with Crippen LogP contribution < -0.4 is 10.6 Å². The molecule has 0 spiro atoms. The molecule has 2 rings (SSSR count). The number of thiophene rings is 1. The van der Waals surface area contributed by atoms with Gasteiger partial charge < -0.3 is 15.4 Å². The molecule has 0 saturated carbocycles. The van der Waals surface area contributed by atoms with Crippen LogP contribution in [0.4, 0.5) is 10.1 Å². The van der Waals surface area contributed by atoms with E-state index in [1.54, 1.807) is 31.4 Å². The smallest absolute Gasteiger partial charge is 0.329 e. The molecule has 8 heteroatoms. The average molecular weight is 392 g/mol. The molecule has 2 amide bonds. The van der Waals surface area contributed by atoms with Gasteiger partial charge >= 0.3 is 5.97 Å². The number of esters is 1. The van der Waals surface area contributed by atoms with Gasteiger partial charge in [0.05, 0.1) is 4.88 Å². The Bertz CT molecular complexity index is 808. The van der Waals surface area contributed by atoms with Crippen LogP contribution >= 0.6 is 11.3 Å². The third-order valence-corrected chi connectivity index (χ3v) is 4.58. The van der Waals surface area contributed by atoms with Gasteiger partial charge in [-0.15, -0.1) is 11.3 Å². The number of hydrogen-bond acceptors (Lipinski definition) is 5. The monoisotopic (exact) mass is 392 g/mol. The zero-order valence-corrected chi connectivity index (χ0v) is 16.0. The fraction of sp³-hybridized carbons (Fsp3) is 0.316. The van der Waals surface area contributed by atoms with Crippen molar-refractivity contribution in [2.75, 3.05) is 5.32 Å². The van der Waals surface area contributed by atoms with Crippen molar-refractivity contribution < 1.29 is 23.5 Å². The minimum Gasteiger partial charge on any atom is -0.451 e. The molecule has 0 aliphatic heterocycles. The summed E-state index contributed by atoms with van der Waals surface area (Å²) in [6.07, 6.45) is -1.11. The van der Waals surface area contributed by atoms with Crippen molar-refractivity contribution in [3.05, 3.63) is 52.5 Å². The van der Waals surface area contributed by atoms with E-state index in [9.17, 15) is 18.8 Å². The van der Waals surface area contributed by atoms with Crippen molar-refractivity contribution in [2.45, 2.75) is 32.9 Å². The highest BCUT2D eigenvalue weighted by Gasteiger charge is 2.29. The van der Waals surface area contributed by atoms with E-state index in [4.69, 9.17) is 4.74 Å². The first-order valence-electron chi connectivity index (χ1n) is 8.39. The number of ether oxygens (including phenoxy) is 1. The largest absolute Gasteiger partial charge is 0.451 e. The lowest BCUT2D eigenvalue weighted by Crippen LogP contribution is -2.47. The van der Waals surface area contributed by atoms with Gasteiger partial charge in [0.1, 0.15) is 11.9 Å². The minimum absolute atomic E-state index is 0.236. The maximum absolute atomic E-state index is 13.2. The van der Waals surface area contributed by atoms with E-state index < -0.39 is 29.8 Å². The molecule has 0 radical (unpaired) electrons. The Balaban J connectivity index is 1.97. The first kappa shape index (κ1) is 20.6. The summed E-state index contributed by atoms with van der Waals surface area (Å²) in [5.41, 5.74) is 0.259. The minimum atomic E-state index is -1.11. The number of benzene rings is 1. The fourth-order valence-corrected chi connectivity index (χ4v) is 2.86. The second-order valence-electron chi connectivity index (χ2n) is 6.25. The van der Waals surface area contributed by atoms with Crippen LogP contribution in [0.3, 0.4) is 0 Å². The first-order chi connectivity index (χ1) is 12.8. The number of anilines is 1. The van der Waals surface area contributed by atoms with E-state index in [1.807, 2.05) is 0 Å². The Kier molecular flexibility index (Phi) is 7.06. The molecule has 144 valence electrons. The molecule has 0 unspecified atom stereocenters. The number of nitrogens with one attached hydrogen (secondary N) is 2. The van der Waals surface area contributed by atoms with Gasteiger partial charge in [-0.2, -0.15) is 0 Å². The first-order valence-corrected chi connectivity index (χ1v) is 9.27. The predicted octanol–water partition coefficient (Wildman–Crippen LogP) is 3.21. The molecule has 1 aromatic carbocycles. The molecule has 0 fully saturated rings. The number of carbonyl (C=O) groups excluding carboxylic acids is 3. The second-order valence-corrected chi connectivity index (χ2v) is 7.20. The van der Waals surface area contributed by atoms with E-state index in [0.29, 0.717) is 4.88 Å². The summed E-state index contributed by atoms with van der Waals surface area (Å²) in [7, 11) is 0. The van der Waals surface area contributed by atoms with Gasteiger partial charge in [-0.25, -0.2) is 9.18 Å².